The second-order valence-corrected chi connectivity index (χ2v) is 11.1. The number of rotatable bonds is 9. The van der Waals surface area contributed by atoms with Crippen LogP contribution in [0.2, 0.25) is 4.71 Å². The second-order valence-electron chi connectivity index (χ2n) is 9.70. The molecule has 2 fully saturated rings. The number of fused-ring (bicyclic) bond motifs is 1. The number of pyridine rings is 2. The molecular formula is C27H30AsFN6O3. The van der Waals surface area contributed by atoms with Crippen molar-refractivity contribution >= 4 is 56.9 Å². The number of halogens is 1. The van der Waals surface area contributed by atoms with Crippen molar-refractivity contribution in [3.8, 4) is 5.88 Å². The predicted molar refractivity (Wildman–Crippen MR) is 144 cm³/mol. The van der Waals surface area contributed by atoms with E-state index in [9.17, 15) is 14.0 Å². The van der Waals surface area contributed by atoms with Gasteiger partial charge < -0.3 is 9.64 Å². The fourth-order valence-corrected chi connectivity index (χ4v) is 5.78. The number of primary amides is 1. The zero-order chi connectivity index (χ0) is 26.6. The van der Waals surface area contributed by atoms with Crippen LogP contribution in [0.25, 0.3) is 10.9 Å². The van der Waals surface area contributed by atoms with E-state index in [1.165, 1.54) is 0 Å². The van der Waals surface area contributed by atoms with Crippen LogP contribution in [0.1, 0.15) is 48.9 Å². The summed E-state index contributed by atoms with van der Waals surface area (Å²) in [7, 11) is 0. The predicted octanol–water partition coefficient (Wildman–Crippen LogP) is 3.92. The fraction of sp³-hybridized carbons (Fsp3) is 0.407. The molecular weight excluding hydrogens is 550 g/mol. The molecule has 1 aromatic carbocycles. The van der Waals surface area contributed by atoms with Crippen LogP contribution in [0.5, 0.6) is 5.88 Å². The summed E-state index contributed by atoms with van der Waals surface area (Å²) in [6.45, 7) is 1.70. The number of nitrogens with one attached hydrogen (secondary N) is 2. The summed E-state index contributed by atoms with van der Waals surface area (Å²) >= 11 is 2.66. The topological polar surface area (TPSA) is 122 Å². The average Bonchev–Trinajstić information content (AvgIpc) is 3.31. The molecule has 3 heterocycles. The van der Waals surface area contributed by atoms with E-state index in [2.05, 4.69) is 37.5 Å². The summed E-state index contributed by atoms with van der Waals surface area (Å²) in [5, 5.41) is 7.19. The molecule has 198 valence electrons. The normalized spacial score (nSPS) is 19.5. The first kappa shape index (κ1) is 26.2. The van der Waals surface area contributed by atoms with E-state index in [-0.39, 0.29) is 29.1 Å². The molecule has 0 bridgehead atoms. The standard InChI is InChI=1S/C27H30AsFN6O3/c28-19-4-1-2-5-22(19)33-27-20(29)15-18(25(30)37)26(34-27)31-17-8-9-21-16(14-17)7-10-23(32-21)38-13-12-35-11-3-6-24(35)36/h7-10,14-15,19,22H,1-6,11-13H2,(H2,30,37)(H2,31,33,34)/t19-,22+/m0/s1. The third-order valence-electron chi connectivity index (χ3n) is 7.00. The number of carbonyl (C=O) groups excluding carboxylic acids is 2. The number of aromatic nitrogens is 2. The number of ether oxygens (including phenoxy) is 1. The van der Waals surface area contributed by atoms with Gasteiger partial charge >= 0.3 is 171 Å². The van der Waals surface area contributed by atoms with Crippen LogP contribution in [-0.4, -0.2) is 69.3 Å². The first-order valence-corrected chi connectivity index (χ1v) is 14.0. The first-order chi connectivity index (χ1) is 18.4. The van der Waals surface area contributed by atoms with Crippen LogP contribution < -0.4 is 21.1 Å². The summed E-state index contributed by atoms with van der Waals surface area (Å²) in [5.41, 5.74) is 6.88. The summed E-state index contributed by atoms with van der Waals surface area (Å²) < 4.78 is 21.0. The van der Waals surface area contributed by atoms with Gasteiger partial charge in [-0.15, -0.1) is 0 Å². The van der Waals surface area contributed by atoms with Crippen LogP contribution >= 0.6 is 0 Å². The molecule has 4 N–H and O–H groups in total. The molecule has 1 aliphatic heterocycles. The number of nitrogens with zero attached hydrogens (tertiary/aromatic N) is 3. The molecule has 2 amide bonds. The van der Waals surface area contributed by atoms with E-state index in [1.54, 1.807) is 17.0 Å². The van der Waals surface area contributed by atoms with Crippen molar-refractivity contribution in [2.24, 2.45) is 5.73 Å². The Kier molecular flexibility index (Phi) is 7.98. The van der Waals surface area contributed by atoms with Crippen LogP contribution in [0.4, 0.5) is 21.7 Å². The SMILES string of the molecule is NC(=O)c1cc(F)c(N[C@@H]2CCCC[C@@H]2[As])nc1Nc1ccc2nc(OCCN3CCCC3=O)ccc2c1. The van der Waals surface area contributed by atoms with E-state index in [0.29, 0.717) is 35.8 Å². The second kappa shape index (κ2) is 11.6. The number of anilines is 3. The molecule has 2 atom stereocenters. The summed E-state index contributed by atoms with van der Waals surface area (Å²) in [6.07, 6.45) is 5.73. The van der Waals surface area contributed by atoms with Gasteiger partial charge in [0.05, 0.1) is 6.54 Å². The summed E-state index contributed by atoms with van der Waals surface area (Å²) in [6, 6.07) is 10.4. The molecule has 0 spiro atoms. The fourth-order valence-electron chi connectivity index (χ4n) is 4.93. The van der Waals surface area contributed by atoms with E-state index >= 15 is 0 Å². The Bertz CT molecular complexity index is 1360. The maximum absolute atomic E-state index is 14.8. The van der Waals surface area contributed by atoms with Gasteiger partial charge in [0.15, 0.2) is 0 Å². The molecule has 38 heavy (non-hydrogen) atoms. The van der Waals surface area contributed by atoms with Gasteiger partial charge in [-0.05, 0) is 6.42 Å². The zero-order valence-corrected chi connectivity index (χ0v) is 22.8. The Morgan fingerprint density at radius 2 is 1.97 bits per heavy atom. The van der Waals surface area contributed by atoms with Gasteiger partial charge in [-0.3, -0.25) is 4.79 Å². The molecule has 3 aromatic rings. The minimum absolute atomic E-state index is 0.0287. The molecule has 2 radical (unpaired) electrons. The quantitative estimate of drug-likeness (QED) is 0.328. The number of benzene rings is 1. The van der Waals surface area contributed by atoms with E-state index < -0.39 is 11.7 Å². The number of hydrogen-bond donors (Lipinski definition) is 3. The summed E-state index contributed by atoms with van der Waals surface area (Å²) in [4.78, 5) is 34.6. The van der Waals surface area contributed by atoms with Crippen molar-refractivity contribution in [1.82, 2.24) is 14.9 Å². The number of carbonyl (C=O) groups is 2. The van der Waals surface area contributed by atoms with Gasteiger partial charge in [-0.25, -0.2) is 0 Å². The molecule has 11 heteroatoms. The number of hydrogen-bond acceptors (Lipinski definition) is 7. The summed E-state index contributed by atoms with van der Waals surface area (Å²) in [5.74, 6) is -0.455. The van der Waals surface area contributed by atoms with E-state index in [0.717, 1.165) is 55.6 Å². The van der Waals surface area contributed by atoms with Crippen LogP contribution in [0.3, 0.4) is 0 Å². The van der Waals surface area contributed by atoms with Gasteiger partial charge in [0.1, 0.15) is 6.61 Å². The van der Waals surface area contributed by atoms with Crippen molar-refractivity contribution in [1.29, 1.82) is 0 Å². The molecule has 0 unspecified atom stereocenters. The van der Waals surface area contributed by atoms with Crippen molar-refractivity contribution in [3.05, 3.63) is 47.8 Å². The van der Waals surface area contributed by atoms with E-state index in [1.807, 2.05) is 18.2 Å². The van der Waals surface area contributed by atoms with Gasteiger partial charge in [-0.2, -0.15) is 0 Å². The van der Waals surface area contributed by atoms with Crippen molar-refractivity contribution in [2.45, 2.75) is 49.3 Å². The van der Waals surface area contributed by atoms with Crippen LogP contribution in [0.15, 0.2) is 36.4 Å². The number of likely N-dealkylation sites (tertiary alicyclic amines) is 1. The van der Waals surface area contributed by atoms with Gasteiger partial charge in [0, 0.05) is 13.0 Å². The number of amides is 2. The minimum atomic E-state index is -0.770. The van der Waals surface area contributed by atoms with Crippen molar-refractivity contribution in [2.75, 3.05) is 30.3 Å². The van der Waals surface area contributed by atoms with Crippen molar-refractivity contribution in [3.63, 3.8) is 0 Å². The molecule has 1 aliphatic carbocycles. The molecule has 1 saturated carbocycles. The molecule has 5 rings (SSSR count). The van der Waals surface area contributed by atoms with E-state index in [4.69, 9.17) is 10.5 Å². The van der Waals surface area contributed by atoms with Gasteiger partial charge in [-0.1, -0.05) is 0 Å². The molecule has 1 saturated heterocycles. The maximum atomic E-state index is 14.8. The van der Waals surface area contributed by atoms with Gasteiger partial charge in [0.25, 0.3) is 0 Å². The van der Waals surface area contributed by atoms with Crippen LogP contribution in [0, 0.1) is 5.82 Å². The zero-order valence-electron chi connectivity index (χ0n) is 21.0. The first-order valence-electron chi connectivity index (χ1n) is 12.9. The molecule has 2 aliphatic rings. The monoisotopic (exact) mass is 580 g/mol. The Morgan fingerprint density at radius 3 is 2.74 bits per heavy atom. The Balaban J connectivity index is 1.31. The van der Waals surface area contributed by atoms with Crippen LogP contribution in [-0.2, 0) is 4.79 Å². The Hall–Kier alpha value is -3.39. The third kappa shape index (κ3) is 6.01. The number of nitrogens with two attached hydrogens (primary N) is 1. The van der Waals surface area contributed by atoms with Crippen molar-refractivity contribution < 1.29 is 18.7 Å². The third-order valence-corrected chi connectivity index (χ3v) is 8.30. The molecule has 9 nitrogen and oxygen atoms in total. The van der Waals surface area contributed by atoms with Gasteiger partial charge in [0.2, 0.25) is 11.8 Å². The molecule has 2 aromatic heterocycles. The Morgan fingerprint density at radius 1 is 1.13 bits per heavy atom. The average molecular weight is 580 g/mol. The Labute approximate surface area is 229 Å².